The summed E-state index contributed by atoms with van der Waals surface area (Å²) < 4.78 is 0. The molecule has 2 saturated heterocycles. The summed E-state index contributed by atoms with van der Waals surface area (Å²) in [4.78, 5) is 2.67. The first-order chi connectivity index (χ1) is 9.92. The van der Waals surface area contributed by atoms with Gasteiger partial charge in [-0.1, -0.05) is 36.8 Å². The summed E-state index contributed by atoms with van der Waals surface area (Å²) in [6, 6.07) is 11.9. The van der Waals surface area contributed by atoms with E-state index in [-0.39, 0.29) is 0 Å². The molecule has 0 spiro atoms. The Kier molecular flexibility index (Phi) is 5.10. The van der Waals surface area contributed by atoms with Crippen molar-refractivity contribution < 1.29 is 0 Å². The summed E-state index contributed by atoms with van der Waals surface area (Å²) in [6.07, 6.45) is 8.27. The molecule has 0 aromatic heterocycles. The van der Waals surface area contributed by atoms with Crippen molar-refractivity contribution in [1.82, 2.24) is 10.2 Å². The number of nitrogens with one attached hydrogen (secondary N) is 1. The highest BCUT2D eigenvalue weighted by molar-refractivity contribution is 5.20. The molecule has 1 N–H and O–H groups in total. The van der Waals surface area contributed by atoms with Crippen LogP contribution in [-0.4, -0.2) is 37.1 Å². The number of piperidine rings is 1. The third-order valence-electron chi connectivity index (χ3n) is 4.98. The summed E-state index contributed by atoms with van der Waals surface area (Å²) in [7, 11) is 0. The highest BCUT2D eigenvalue weighted by Crippen LogP contribution is 2.27. The molecule has 3 rings (SSSR count). The van der Waals surface area contributed by atoms with E-state index in [9.17, 15) is 0 Å². The van der Waals surface area contributed by atoms with Crippen molar-refractivity contribution in [3.05, 3.63) is 35.9 Å². The molecule has 0 aliphatic carbocycles. The van der Waals surface area contributed by atoms with Crippen molar-refractivity contribution >= 4 is 0 Å². The Morgan fingerprint density at radius 2 is 2.00 bits per heavy atom. The molecule has 0 radical (unpaired) electrons. The van der Waals surface area contributed by atoms with Crippen LogP contribution in [-0.2, 0) is 0 Å². The van der Waals surface area contributed by atoms with E-state index in [1.54, 1.807) is 0 Å². The Morgan fingerprint density at radius 1 is 1.10 bits per heavy atom. The molecule has 2 heterocycles. The minimum Gasteiger partial charge on any atom is -0.314 e. The smallest absolute Gasteiger partial charge is 0.00675 e. The van der Waals surface area contributed by atoms with Crippen LogP contribution in [0.4, 0.5) is 0 Å². The van der Waals surface area contributed by atoms with Crippen molar-refractivity contribution in [1.29, 1.82) is 0 Å². The molecule has 0 amide bonds. The van der Waals surface area contributed by atoms with Gasteiger partial charge in [0.2, 0.25) is 0 Å². The van der Waals surface area contributed by atoms with Gasteiger partial charge in [0.25, 0.3) is 0 Å². The lowest BCUT2D eigenvalue weighted by molar-refractivity contribution is 0.302. The van der Waals surface area contributed by atoms with Crippen LogP contribution in [0.3, 0.4) is 0 Å². The molecule has 2 atom stereocenters. The van der Waals surface area contributed by atoms with Crippen LogP contribution in [0.15, 0.2) is 30.3 Å². The van der Waals surface area contributed by atoms with E-state index in [2.05, 4.69) is 40.5 Å². The topological polar surface area (TPSA) is 15.3 Å². The second-order valence-electron chi connectivity index (χ2n) is 6.49. The fourth-order valence-corrected chi connectivity index (χ4v) is 3.76. The Labute approximate surface area is 123 Å². The molecule has 20 heavy (non-hydrogen) atoms. The highest BCUT2D eigenvalue weighted by Gasteiger charge is 2.23. The first kappa shape index (κ1) is 14.1. The fourth-order valence-electron chi connectivity index (χ4n) is 3.76. The van der Waals surface area contributed by atoms with Gasteiger partial charge < -0.3 is 10.2 Å². The van der Waals surface area contributed by atoms with Crippen LogP contribution < -0.4 is 5.32 Å². The van der Waals surface area contributed by atoms with Gasteiger partial charge in [0.05, 0.1) is 0 Å². The lowest BCUT2D eigenvalue weighted by Gasteiger charge is -2.24. The van der Waals surface area contributed by atoms with Gasteiger partial charge >= 0.3 is 0 Å². The van der Waals surface area contributed by atoms with E-state index in [1.807, 2.05) is 0 Å². The summed E-state index contributed by atoms with van der Waals surface area (Å²) in [6.45, 7) is 5.09. The number of benzene rings is 1. The molecular formula is C18H28N2. The van der Waals surface area contributed by atoms with E-state index < -0.39 is 0 Å². The standard InChI is InChI=1S/C18H28N2/c1-2-7-16(8-3-1)17-11-14-20(15-17)13-6-10-18-9-4-5-12-19-18/h1-3,7-8,17-19H,4-6,9-15H2. The Morgan fingerprint density at radius 3 is 2.80 bits per heavy atom. The van der Waals surface area contributed by atoms with Crippen molar-refractivity contribution in [3.8, 4) is 0 Å². The lowest BCUT2D eigenvalue weighted by Crippen LogP contribution is -2.34. The second kappa shape index (κ2) is 7.24. The zero-order valence-corrected chi connectivity index (χ0v) is 12.6. The normalized spacial score (nSPS) is 27.8. The fraction of sp³-hybridized carbons (Fsp3) is 0.667. The van der Waals surface area contributed by atoms with E-state index in [1.165, 1.54) is 70.3 Å². The monoisotopic (exact) mass is 272 g/mol. The molecule has 2 fully saturated rings. The van der Waals surface area contributed by atoms with Crippen LogP contribution in [0, 0.1) is 0 Å². The lowest BCUT2D eigenvalue weighted by atomic mass is 9.99. The van der Waals surface area contributed by atoms with Gasteiger partial charge in [-0.05, 0) is 63.2 Å². The summed E-state index contributed by atoms with van der Waals surface area (Å²) in [5.41, 5.74) is 1.53. The van der Waals surface area contributed by atoms with Gasteiger partial charge in [0, 0.05) is 12.6 Å². The third kappa shape index (κ3) is 3.83. The van der Waals surface area contributed by atoms with E-state index >= 15 is 0 Å². The number of rotatable bonds is 5. The second-order valence-corrected chi connectivity index (χ2v) is 6.49. The van der Waals surface area contributed by atoms with Gasteiger partial charge in [-0.15, -0.1) is 0 Å². The summed E-state index contributed by atoms with van der Waals surface area (Å²) in [5, 5.41) is 3.66. The van der Waals surface area contributed by atoms with Crippen LogP contribution in [0.1, 0.15) is 50.0 Å². The molecule has 2 heteroatoms. The maximum absolute atomic E-state index is 3.66. The van der Waals surface area contributed by atoms with E-state index in [0.29, 0.717) is 0 Å². The van der Waals surface area contributed by atoms with Gasteiger partial charge in [-0.2, -0.15) is 0 Å². The molecule has 2 aliphatic rings. The SMILES string of the molecule is c1ccc(C2CCN(CCCC3CCCCN3)C2)cc1. The Hall–Kier alpha value is -0.860. The van der Waals surface area contributed by atoms with E-state index in [0.717, 1.165) is 12.0 Å². The summed E-state index contributed by atoms with van der Waals surface area (Å²) in [5.74, 6) is 0.768. The highest BCUT2D eigenvalue weighted by atomic mass is 15.1. The Bertz CT molecular complexity index is 384. The van der Waals surface area contributed by atoms with Crippen LogP contribution in [0.5, 0.6) is 0 Å². The molecule has 2 nitrogen and oxygen atoms in total. The first-order valence-electron chi connectivity index (χ1n) is 8.42. The van der Waals surface area contributed by atoms with Crippen molar-refractivity contribution in [2.45, 2.75) is 50.5 Å². The molecule has 0 saturated carbocycles. The molecule has 1 aromatic carbocycles. The third-order valence-corrected chi connectivity index (χ3v) is 4.98. The van der Waals surface area contributed by atoms with Gasteiger partial charge in [0.15, 0.2) is 0 Å². The minimum absolute atomic E-state index is 0.768. The predicted molar refractivity (Wildman–Crippen MR) is 85.1 cm³/mol. The summed E-state index contributed by atoms with van der Waals surface area (Å²) >= 11 is 0. The van der Waals surface area contributed by atoms with Crippen molar-refractivity contribution in [2.75, 3.05) is 26.2 Å². The van der Waals surface area contributed by atoms with E-state index in [4.69, 9.17) is 0 Å². The van der Waals surface area contributed by atoms with Crippen LogP contribution in [0.25, 0.3) is 0 Å². The molecular weight excluding hydrogens is 244 g/mol. The first-order valence-corrected chi connectivity index (χ1v) is 8.42. The number of nitrogens with zero attached hydrogens (tertiary/aromatic N) is 1. The maximum atomic E-state index is 3.66. The average Bonchev–Trinajstić information content (AvgIpc) is 2.98. The number of hydrogen-bond acceptors (Lipinski definition) is 2. The zero-order chi connectivity index (χ0) is 13.6. The van der Waals surface area contributed by atoms with Gasteiger partial charge in [0.1, 0.15) is 0 Å². The molecule has 1 aromatic rings. The largest absolute Gasteiger partial charge is 0.314 e. The van der Waals surface area contributed by atoms with Gasteiger partial charge in [-0.3, -0.25) is 0 Å². The maximum Gasteiger partial charge on any atom is 0.00675 e. The predicted octanol–water partition coefficient (Wildman–Crippen LogP) is 3.40. The molecule has 2 aliphatic heterocycles. The average molecular weight is 272 g/mol. The molecule has 110 valence electrons. The quantitative estimate of drug-likeness (QED) is 0.884. The minimum atomic E-state index is 0.768. The van der Waals surface area contributed by atoms with Crippen LogP contribution in [0.2, 0.25) is 0 Å². The van der Waals surface area contributed by atoms with Crippen LogP contribution >= 0.6 is 0 Å². The van der Waals surface area contributed by atoms with Gasteiger partial charge in [-0.25, -0.2) is 0 Å². The number of hydrogen-bond donors (Lipinski definition) is 1. The van der Waals surface area contributed by atoms with Crippen molar-refractivity contribution in [3.63, 3.8) is 0 Å². The Balaban J connectivity index is 1.37. The van der Waals surface area contributed by atoms with Crippen molar-refractivity contribution in [2.24, 2.45) is 0 Å². The molecule has 0 bridgehead atoms. The zero-order valence-electron chi connectivity index (χ0n) is 12.6. The molecule has 2 unspecified atom stereocenters. The number of likely N-dealkylation sites (tertiary alicyclic amines) is 1.